The van der Waals surface area contributed by atoms with Crippen LogP contribution in [-0.4, -0.2) is 20.7 Å². The number of thiazole rings is 1. The van der Waals surface area contributed by atoms with Gasteiger partial charge in [0.1, 0.15) is 17.0 Å². The van der Waals surface area contributed by atoms with Crippen molar-refractivity contribution in [1.82, 2.24) is 15.0 Å². The summed E-state index contributed by atoms with van der Waals surface area (Å²) >= 11 is 1.49. The van der Waals surface area contributed by atoms with Crippen molar-refractivity contribution in [1.29, 1.82) is 0 Å². The average molecular weight is 281 g/mol. The molecule has 1 aromatic carbocycles. The molecule has 0 atom stereocenters. The zero-order chi connectivity index (χ0) is 13.8. The molecule has 0 fully saturated rings. The van der Waals surface area contributed by atoms with Crippen molar-refractivity contribution in [3.8, 4) is 11.3 Å². The van der Waals surface area contributed by atoms with Gasteiger partial charge in [0.2, 0.25) is 0 Å². The lowest BCUT2D eigenvalue weighted by Crippen LogP contribution is -2.05. The van der Waals surface area contributed by atoms with Crippen LogP contribution in [0, 0.1) is 0 Å². The van der Waals surface area contributed by atoms with Crippen molar-refractivity contribution in [2.75, 3.05) is 0 Å². The Labute approximate surface area is 120 Å². The monoisotopic (exact) mass is 281 g/mol. The minimum Gasteiger partial charge on any atom is -0.292 e. The molecule has 0 aliphatic rings. The second kappa shape index (κ2) is 5.71. The Kier molecular flexibility index (Phi) is 3.60. The van der Waals surface area contributed by atoms with Crippen LogP contribution in [0.2, 0.25) is 0 Å². The standard InChI is InChI=1S/C15H11N3OS/c19-14(12-6-7-16-10-17-12)8-15-18-13(9-20-15)11-4-2-1-3-5-11/h1-7,9-10H,8H2. The Morgan fingerprint density at radius 1 is 1.15 bits per heavy atom. The van der Waals surface area contributed by atoms with Gasteiger partial charge in [-0.3, -0.25) is 4.79 Å². The Morgan fingerprint density at radius 3 is 2.75 bits per heavy atom. The van der Waals surface area contributed by atoms with E-state index in [9.17, 15) is 4.79 Å². The molecule has 4 nitrogen and oxygen atoms in total. The maximum absolute atomic E-state index is 12.0. The van der Waals surface area contributed by atoms with E-state index in [1.54, 1.807) is 12.3 Å². The molecule has 20 heavy (non-hydrogen) atoms. The molecule has 2 heterocycles. The first-order valence-corrected chi connectivity index (χ1v) is 7.00. The number of hydrogen-bond donors (Lipinski definition) is 0. The highest BCUT2D eigenvalue weighted by molar-refractivity contribution is 7.10. The van der Waals surface area contributed by atoms with E-state index in [4.69, 9.17) is 0 Å². The van der Waals surface area contributed by atoms with Gasteiger partial charge in [0.25, 0.3) is 0 Å². The lowest BCUT2D eigenvalue weighted by Gasteiger charge is -1.97. The highest BCUT2D eigenvalue weighted by Gasteiger charge is 2.11. The van der Waals surface area contributed by atoms with Crippen LogP contribution in [0.15, 0.2) is 54.3 Å². The SMILES string of the molecule is O=C(Cc1nc(-c2ccccc2)cs1)c1ccncn1. The molecule has 0 spiro atoms. The van der Waals surface area contributed by atoms with Crippen LogP contribution >= 0.6 is 11.3 Å². The number of carbonyl (C=O) groups is 1. The maximum atomic E-state index is 12.0. The summed E-state index contributed by atoms with van der Waals surface area (Å²) in [7, 11) is 0. The van der Waals surface area contributed by atoms with Crippen LogP contribution in [0.1, 0.15) is 15.5 Å². The highest BCUT2D eigenvalue weighted by Crippen LogP contribution is 2.22. The second-order valence-electron chi connectivity index (χ2n) is 4.19. The lowest BCUT2D eigenvalue weighted by molar-refractivity contribution is 0.0988. The van der Waals surface area contributed by atoms with Gasteiger partial charge in [-0.05, 0) is 6.07 Å². The summed E-state index contributed by atoms with van der Waals surface area (Å²) in [6, 6.07) is 11.5. The summed E-state index contributed by atoms with van der Waals surface area (Å²) in [5, 5.41) is 2.77. The molecule has 0 aliphatic carbocycles. The number of nitrogens with zero attached hydrogens (tertiary/aromatic N) is 3. The van der Waals surface area contributed by atoms with Crippen LogP contribution in [-0.2, 0) is 6.42 Å². The zero-order valence-corrected chi connectivity index (χ0v) is 11.4. The first-order valence-electron chi connectivity index (χ1n) is 6.12. The Bertz CT molecular complexity index is 710. The molecule has 3 aromatic rings. The number of Topliss-reactive ketones (excluding diaryl/α,β-unsaturated/α-hetero) is 1. The summed E-state index contributed by atoms with van der Waals surface area (Å²) in [5.74, 6) is -0.0404. The van der Waals surface area contributed by atoms with Crippen LogP contribution in [0.25, 0.3) is 11.3 Å². The molecule has 0 amide bonds. The Hall–Kier alpha value is -2.40. The van der Waals surface area contributed by atoms with E-state index < -0.39 is 0 Å². The van der Waals surface area contributed by atoms with E-state index in [0.29, 0.717) is 5.69 Å². The van der Waals surface area contributed by atoms with Gasteiger partial charge in [-0.1, -0.05) is 30.3 Å². The van der Waals surface area contributed by atoms with E-state index >= 15 is 0 Å². The minimum atomic E-state index is -0.0404. The first-order chi connectivity index (χ1) is 9.83. The molecule has 0 saturated carbocycles. The number of ketones is 1. The zero-order valence-electron chi connectivity index (χ0n) is 10.6. The van der Waals surface area contributed by atoms with E-state index in [0.717, 1.165) is 16.3 Å². The van der Waals surface area contributed by atoms with Gasteiger partial charge in [0, 0.05) is 17.1 Å². The molecule has 0 aliphatic heterocycles. The number of benzene rings is 1. The predicted molar refractivity (Wildman–Crippen MR) is 77.6 cm³/mol. The van der Waals surface area contributed by atoms with Gasteiger partial charge in [0.05, 0.1) is 12.1 Å². The summed E-state index contributed by atoms with van der Waals surface area (Å²) in [6.45, 7) is 0. The minimum absolute atomic E-state index is 0.0404. The topological polar surface area (TPSA) is 55.7 Å². The highest BCUT2D eigenvalue weighted by atomic mass is 32.1. The normalized spacial score (nSPS) is 10.4. The van der Waals surface area contributed by atoms with Gasteiger partial charge in [-0.2, -0.15) is 0 Å². The Balaban J connectivity index is 1.77. The average Bonchev–Trinajstić information content (AvgIpc) is 2.97. The predicted octanol–water partition coefficient (Wildman–Crippen LogP) is 3.03. The third-order valence-electron chi connectivity index (χ3n) is 2.80. The molecule has 0 bridgehead atoms. The van der Waals surface area contributed by atoms with Gasteiger partial charge < -0.3 is 0 Å². The van der Waals surface area contributed by atoms with Gasteiger partial charge in [-0.25, -0.2) is 15.0 Å². The third kappa shape index (κ3) is 2.78. The fraction of sp³-hybridized carbons (Fsp3) is 0.0667. The van der Waals surface area contributed by atoms with Crippen molar-refractivity contribution in [2.24, 2.45) is 0 Å². The largest absolute Gasteiger partial charge is 0.292 e. The molecule has 3 rings (SSSR count). The molecule has 5 heteroatoms. The number of carbonyl (C=O) groups excluding carboxylic acids is 1. The van der Waals surface area contributed by atoms with E-state index in [1.165, 1.54) is 17.7 Å². The van der Waals surface area contributed by atoms with E-state index in [2.05, 4.69) is 15.0 Å². The molecule has 0 unspecified atom stereocenters. The summed E-state index contributed by atoms with van der Waals surface area (Å²) in [4.78, 5) is 24.3. The van der Waals surface area contributed by atoms with Gasteiger partial charge in [0.15, 0.2) is 5.78 Å². The smallest absolute Gasteiger partial charge is 0.188 e. The fourth-order valence-electron chi connectivity index (χ4n) is 1.82. The van der Waals surface area contributed by atoms with Crippen LogP contribution in [0.4, 0.5) is 0 Å². The third-order valence-corrected chi connectivity index (χ3v) is 3.65. The quantitative estimate of drug-likeness (QED) is 0.690. The van der Waals surface area contributed by atoms with Crippen molar-refractivity contribution in [2.45, 2.75) is 6.42 Å². The molecule has 2 aromatic heterocycles. The van der Waals surface area contributed by atoms with E-state index in [1.807, 2.05) is 35.7 Å². The van der Waals surface area contributed by atoms with Gasteiger partial charge in [-0.15, -0.1) is 11.3 Å². The second-order valence-corrected chi connectivity index (χ2v) is 5.13. The van der Waals surface area contributed by atoms with Crippen LogP contribution in [0.3, 0.4) is 0 Å². The number of aromatic nitrogens is 3. The number of hydrogen-bond acceptors (Lipinski definition) is 5. The van der Waals surface area contributed by atoms with Crippen molar-refractivity contribution >= 4 is 17.1 Å². The molecule has 0 radical (unpaired) electrons. The van der Waals surface area contributed by atoms with E-state index in [-0.39, 0.29) is 12.2 Å². The van der Waals surface area contributed by atoms with Crippen molar-refractivity contribution < 1.29 is 4.79 Å². The molecule has 0 N–H and O–H groups in total. The van der Waals surface area contributed by atoms with Crippen molar-refractivity contribution in [3.63, 3.8) is 0 Å². The van der Waals surface area contributed by atoms with Gasteiger partial charge >= 0.3 is 0 Å². The van der Waals surface area contributed by atoms with Crippen LogP contribution in [0.5, 0.6) is 0 Å². The van der Waals surface area contributed by atoms with Crippen molar-refractivity contribution in [3.05, 3.63) is 65.0 Å². The maximum Gasteiger partial charge on any atom is 0.188 e. The molecular weight excluding hydrogens is 270 g/mol. The summed E-state index contributed by atoms with van der Waals surface area (Å²) in [5.41, 5.74) is 2.39. The number of rotatable bonds is 4. The summed E-state index contributed by atoms with van der Waals surface area (Å²) < 4.78 is 0. The Morgan fingerprint density at radius 2 is 2.00 bits per heavy atom. The molecule has 0 saturated heterocycles. The summed E-state index contributed by atoms with van der Waals surface area (Å²) in [6.07, 6.45) is 3.22. The van der Waals surface area contributed by atoms with Crippen LogP contribution < -0.4 is 0 Å². The lowest BCUT2D eigenvalue weighted by atomic mass is 10.2. The fourth-order valence-corrected chi connectivity index (χ4v) is 2.62. The molecular formula is C15H11N3OS. The first kappa shape index (κ1) is 12.6. The molecule has 98 valence electrons.